The molecule has 0 unspecified atom stereocenters. The Morgan fingerprint density at radius 2 is 1.92 bits per heavy atom. The molecule has 1 aliphatic carbocycles. The molecule has 2 aliphatic rings. The number of thioether (sulfide) groups is 1. The maximum absolute atomic E-state index is 13.6. The van der Waals surface area contributed by atoms with Crippen molar-refractivity contribution >= 4 is 40.1 Å². The van der Waals surface area contributed by atoms with Crippen molar-refractivity contribution < 1.29 is 14.0 Å². The Kier molecular flexibility index (Phi) is 6.38. The molecule has 1 saturated heterocycles. The SMILES string of the molecule is O=C(C[C@H]1S/C(=N/N=C2CCCCCC2)NC1=O)Nc1ccccc1F. The van der Waals surface area contributed by atoms with Crippen LogP contribution in [0.1, 0.15) is 44.9 Å². The number of anilines is 1. The minimum atomic E-state index is -0.588. The number of halogens is 1. The van der Waals surface area contributed by atoms with Crippen LogP contribution in [0.15, 0.2) is 34.5 Å². The van der Waals surface area contributed by atoms with Gasteiger partial charge in [0, 0.05) is 12.1 Å². The van der Waals surface area contributed by atoms with Crippen LogP contribution in [-0.2, 0) is 9.59 Å². The molecule has 1 aromatic rings. The van der Waals surface area contributed by atoms with E-state index >= 15 is 0 Å². The van der Waals surface area contributed by atoms with Crippen LogP contribution in [0.4, 0.5) is 10.1 Å². The van der Waals surface area contributed by atoms with E-state index in [0.717, 1.165) is 31.4 Å². The number of hydrogen-bond donors (Lipinski definition) is 2. The summed E-state index contributed by atoms with van der Waals surface area (Å²) >= 11 is 1.18. The fraction of sp³-hybridized carbons (Fsp3) is 0.444. The van der Waals surface area contributed by atoms with Crippen LogP contribution in [-0.4, -0.2) is 27.9 Å². The number of rotatable bonds is 4. The molecular weight excluding hydrogens is 355 g/mol. The number of amides is 2. The summed E-state index contributed by atoms with van der Waals surface area (Å²) in [6, 6.07) is 5.92. The van der Waals surface area contributed by atoms with Crippen LogP contribution in [0.25, 0.3) is 0 Å². The van der Waals surface area contributed by atoms with Crippen molar-refractivity contribution in [2.75, 3.05) is 5.32 Å². The van der Waals surface area contributed by atoms with E-state index in [4.69, 9.17) is 0 Å². The minimum Gasteiger partial charge on any atom is -0.324 e. The number of carbonyl (C=O) groups excluding carboxylic acids is 2. The topological polar surface area (TPSA) is 82.9 Å². The average Bonchev–Trinajstić information content (AvgIpc) is 2.82. The molecule has 3 rings (SSSR count). The summed E-state index contributed by atoms with van der Waals surface area (Å²) in [6.45, 7) is 0. The third-order valence-corrected chi connectivity index (χ3v) is 5.33. The maximum Gasteiger partial charge on any atom is 0.240 e. The zero-order valence-corrected chi connectivity index (χ0v) is 15.2. The number of carbonyl (C=O) groups is 2. The van der Waals surface area contributed by atoms with Gasteiger partial charge in [-0.3, -0.25) is 9.59 Å². The predicted octanol–water partition coefficient (Wildman–Crippen LogP) is 3.45. The highest BCUT2D eigenvalue weighted by molar-refractivity contribution is 8.15. The van der Waals surface area contributed by atoms with Crippen LogP contribution in [0.3, 0.4) is 0 Å². The van der Waals surface area contributed by atoms with Crippen molar-refractivity contribution in [1.29, 1.82) is 0 Å². The quantitative estimate of drug-likeness (QED) is 0.624. The van der Waals surface area contributed by atoms with Crippen molar-refractivity contribution in [3.63, 3.8) is 0 Å². The van der Waals surface area contributed by atoms with Crippen molar-refractivity contribution in [2.24, 2.45) is 10.2 Å². The second-order valence-electron chi connectivity index (χ2n) is 6.31. The van der Waals surface area contributed by atoms with E-state index < -0.39 is 17.0 Å². The largest absolute Gasteiger partial charge is 0.324 e. The summed E-state index contributed by atoms with van der Waals surface area (Å²) in [7, 11) is 0. The molecule has 8 heteroatoms. The maximum atomic E-state index is 13.6. The molecule has 26 heavy (non-hydrogen) atoms. The molecule has 0 spiro atoms. The van der Waals surface area contributed by atoms with E-state index in [1.807, 2.05) is 0 Å². The summed E-state index contributed by atoms with van der Waals surface area (Å²) < 4.78 is 13.6. The Morgan fingerprint density at radius 1 is 1.19 bits per heavy atom. The van der Waals surface area contributed by atoms with Gasteiger partial charge in [-0.1, -0.05) is 36.7 Å². The van der Waals surface area contributed by atoms with Gasteiger partial charge in [-0.05, 0) is 37.8 Å². The van der Waals surface area contributed by atoms with Gasteiger partial charge in [0.15, 0.2) is 5.17 Å². The van der Waals surface area contributed by atoms with Gasteiger partial charge in [0.2, 0.25) is 11.8 Å². The molecule has 0 radical (unpaired) electrons. The zero-order chi connectivity index (χ0) is 18.4. The molecule has 2 amide bonds. The molecule has 0 aromatic heterocycles. The monoisotopic (exact) mass is 376 g/mol. The van der Waals surface area contributed by atoms with E-state index in [-0.39, 0.29) is 18.0 Å². The number of benzene rings is 1. The van der Waals surface area contributed by atoms with Crippen molar-refractivity contribution in [1.82, 2.24) is 5.32 Å². The van der Waals surface area contributed by atoms with Crippen LogP contribution in [0.2, 0.25) is 0 Å². The molecule has 1 atom stereocenters. The van der Waals surface area contributed by atoms with Crippen LogP contribution in [0.5, 0.6) is 0 Å². The standard InChI is InChI=1S/C18H21FN4O2S/c19-13-9-5-6-10-14(13)20-16(24)11-15-17(25)21-18(26-15)23-22-12-7-3-1-2-4-8-12/h5-6,9-10,15H,1-4,7-8,11H2,(H,20,24)(H,21,23,25)/t15-/m1/s1. The highest BCUT2D eigenvalue weighted by Crippen LogP contribution is 2.24. The molecular formula is C18H21FN4O2S. The molecule has 1 aromatic carbocycles. The summed E-state index contributed by atoms with van der Waals surface area (Å²) in [5, 5.41) is 13.4. The first-order valence-electron chi connectivity index (χ1n) is 8.77. The fourth-order valence-electron chi connectivity index (χ4n) is 2.87. The average molecular weight is 376 g/mol. The lowest BCUT2D eigenvalue weighted by atomic mass is 10.2. The molecule has 1 saturated carbocycles. The summed E-state index contributed by atoms with van der Waals surface area (Å²) in [5.74, 6) is -1.21. The molecule has 2 N–H and O–H groups in total. The summed E-state index contributed by atoms with van der Waals surface area (Å²) in [6.07, 6.45) is 6.54. The Bertz CT molecular complexity index is 740. The predicted molar refractivity (Wildman–Crippen MR) is 102 cm³/mol. The summed E-state index contributed by atoms with van der Waals surface area (Å²) in [5.41, 5.74) is 1.17. The third-order valence-electron chi connectivity index (χ3n) is 4.26. The minimum absolute atomic E-state index is 0.0551. The lowest BCUT2D eigenvalue weighted by Gasteiger charge is -2.07. The first kappa shape index (κ1) is 18.6. The molecule has 1 aliphatic heterocycles. The molecule has 6 nitrogen and oxygen atoms in total. The van der Waals surface area contributed by atoms with Gasteiger partial charge in [0.05, 0.1) is 5.69 Å². The van der Waals surface area contributed by atoms with Crippen LogP contribution >= 0.6 is 11.8 Å². The van der Waals surface area contributed by atoms with E-state index in [1.54, 1.807) is 12.1 Å². The first-order valence-corrected chi connectivity index (χ1v) is 9.65. The van der Waals surface area contributed by atoms with E-state index in [2.05, 4.69) is 20.8 Å². The number of nitrogens with zero attached hydrogens (tertiary/aromatic N) is 2. The second-order valence-corrected chi connectivity index (χ2v) is 7.50. The van der Waals surface area contributed by atoms with Gasteiger partial charge in [-0.2, -0.15) is 5.10 Å². The zero-order valence-electron chi connectivity index (χ0n) is 14.3. The van der Waals surface area contributed by atoms with Gasteiger partial charge in [0.1, 0.15) is 11.1 Å². The van der Waals surface area contributed by atoms with Gasteiger partial charge >= 0.3 is 0 Å². The van der Waals surface area contributed by atoms with Gasteiger partial charge < -0.3 is 10.6 Å². The fourth-order valence-corrected chi connectivity index (χ4v) is 3.79. The number of nitrogens with one attached hydrogen (secondary N) is 2. The molecule has 1 heterocycles. The van der Waals surface area contributed by atoms with Gasteiger partial charge in [-0.25, -0.2) is 4.39 Å². The lowest BCUT2D eigenvalue weighted by molar-refractivity contribution is -0.122. The van der Waals surface area contributed by atoms with Crippen molar-refractivity contribution in [3.8, 4) is 0 Å². The number of amidine groups is 1. The lowest BCUT2D eigenvalue weighted by Crippen LogP contribution is -2.28. The highest BCUT2D eigenvalue weighted by atomic mass is 32.2. The molecule has 138 valence electrons. The number of hydrogen-bond acceptors (Lipinski definition) is 5. The Labute approximate surface area is 155 Å². The Morgan fingerprint density at radius 3 is 2.65 bits per heavy atom. The normalized spacial score (nSPS) is 22.0. The summed E-state index contributed by atoms with van der Waals surface area (Å²) in [4.78, 5) is 24.1. The van der Waals surface area contributed by atoms with Gasteiger partial charge in [-0.15, -0.1) is 5.10 Å². The van der Waals surface area contributed by atoms with Crippen molar-refractivity contribution in [2.45, 2.75) is 50.2 Å². The Balaban J connectivity index is 1.55. The molecule has 0 bridgehead atoms. The van der Waals surface area contributed by atoms with Gasteiger partial charge in [0.25, 0.3) is 0 Å². The smallest absolute Gasteiger partial charge is 0.240 e. The van der Waals surface area contributed by atoms with Crippen LogP contribution < -0.4 is 10.6 Å². The second kappa shape index (κ2) is 8.93. The Hall–Kier alpha value is -2.22. The highest BCUT2D eigenvalue weighted by Gasteiger charge is 2.32. The number of para-hydroxylation sites is 1. The van der Waals surface area contributed by atoms with E-state index in [9.17, 15) is 14.0 Å². The van der Waals surface area contributed by atoms with Crippen LogP contribution in [0, 0.1) is 5.82 Å². The molecule has 2 fully saturated rings. The van der Waals surface area contributed by atoms with Crippen molar-refractivity contribution in [3.05, 3.63) is 30.1 Å². The van der Waals surface area contributed by atoms with E-state index in [0.29, 0.717) is 5.17 Å². The third kappa shape index (κ3) is 5.14. The first-order chi connectivity index (χ1) is 12.6. The van der Waals surface area contributed by atoms with E-state index in [1.165, 1.54) is 36.7 Å².